The van der Waals surface area contributed by atoms with Crippen molar-refractivity contribution in [1.82, 2.24) is 20.1 Å². The molecule has 0 unspecified atom stereocenters. The summed E-state index contributed by atoms with van der Waals surface area (Å²) in [4.78, 5) is 0. The third kappa shape index (κ3) is 3.57. The summed E-state index contributed by atoms with van der Waals surface area (Å²) >= 11 is 0. The number of ether oxygens (including phenoxy) is 1. The molecule has 0 saturated heterocycles. The summed E-state index contributed by atoms with van der Waals surface area (Å²) in [5.41, 5.74) is -0.137. The Kier molecular flexibility index (Phi) is 4.44. The Morgan fingerprint density at radius 1 is 1.38 bits per heavy atom. The SMILES string of the molecule is CCOC(C)(C)CNCc1nnc(C)n1C. The lowest BCUT2D eigenvalue weighted by atomic mass is 10.1. The molecule has 92 valence electrons. The predicted molar refractivity (Wildman–Crippen MR) is 63.2 cm³/mol. The second-order valence-electron chi connectivity index (χ2n) is 4.52. The first kappa shape index (κ1) is 13.1. The Morgan fingerprint density at radius 2 is 2.06 bits per heavy atom. The molecule has 0 aliphatic carbocycles. The van der Waals surface area contributed by atoms with E-state index in [2.05, 4.69) is 29.4 Å². The van der Waals surface area contributed by atoms with Crippen LogP contribution in [0.5, 0.6) is 0 Å². The number of rotatable bonds is 6. The van der Waals surface area contributed by atoms with Gasteiger partial charge in [-0.05, 0) is 27.7 Å². The van der Waals surface area contributed by atoms with Gasteiger partial charge in [-0.2, -0.15) is 0 Å². The Hall–Kier alpha value is -0.940. The van der Waals surface area contributed by atoms with Crippen molar-refractivity contribution in [3.8, 4) is 0 Å². The topological polar surface area (TPSA) is 52.0 Å². The second kappa shape index (κ2) is 5.41. The number of hydrogen-bond acceptors (Lipinski definition) is 4. The molecular formula is C11H22N4O. The lowest BCUT2D eigenvalue weighted by Crippen LogP contribution is -2.37. The minimum absolute atomic E-state index is 0.137. The molecular weight excluding hydrogens is 204 g/mol. The van der Waals surface area contributed by atoms with E-state index >= 15 is 0 Å². The van der Waals surface area contributed by atoms with Gasteiger partial charge >= 0.3 is 0 Å². The van der Waals surface area contributed by atoms with E-state index in [9.17, 15) is 0 Å². The van der Waals surface area contributed by atoms with Gasteiger partial charge in [-0.3, -0.25) is 0 Å². The van der Waals surface area contributed by atoms with Crippen LogP contribution in [0.4, 0.5) is 0 Å². The van der Waals surface area contributed by atoms with Crippen LogP contribution < -0.4 is 5.32 Å². The first-order valence-electron chi connectivity index (χ1n) is 5.66. The van der Waals surface area contributed by atoms with Gasteiger partial charge in [-0.1, -0.05) is 0 Å². The molecule has 1 aromatic rings. The van der Waals surface area contributed by atoms with E-state index in [1.54, 1.807) is 0 Å². The van der Waals surface area contributed by atoms with E-state index in [1.165, 1.54) is 0 Å². The quantitative estimate of drug-likeness (QED) is 0.787. The second-order valence-corrected chi connectivity index (χ2v) is 4.52. The first-order valence-corrected chi connectivity index (χ1v) is 5.66. The number of aryl methyl sites for hydroxylation is 1. The van der Waals surface area contributed by atoms with E-state index in [0.29, 0.717) is 6.54 Å². The molecule has 1 rings (SSSR count). The molecule has 0 saturated carbocycles. The molecule has 16 heavy (non-hydrogen) atoms. The Morgan fingerprint density at radius 3 is 2.56 bits per heavy atom. The summed E-state index contributed by atoms with van der Waals surface area (Å²) in [6.45, 7) is 10.4. The average molecular weight is 226 g/mol. The Labute approximate surface area is 97.2 Å². The van der Waals surface area contributed by atoms with Crippen LogP contribution in [0.15, 0.2) is 0 Å². The maximum Gasteiger partial charge on any atom is 0.146 e. The van der Waals surface area contributed by atoms with E-state index in [1.807, 2.05) is 25.5 Å². The maximum atomic E-state index is 5.60. The molecule has 0 amide bonds. The molecule has 0 atom stereocenters. The lowest BCUT2D eigenvalue weighted by molar-refractivity contribution is -0.00910. The average Bonchev–Trinajstić information content (AvgIpc) is 2.49. The molecule has 0 radical (unpaired) electrons. The van der Waals surface area contributed by atoms with Gasteiger partial charge in [0.1, 0.15) is 11.6 Å². The Balaban J connectivity index is 2.38. The van der Waals surface area contributed by atoms with Crippen molar-refractivity contribution in [3.05, 3.63) is 11.6 Å². The molecule has 0 bridgehead atoms. The summed E-state index contributed by atoms with van der Waals surface area (Å²) in [5.74, 6) is 1.88. The first-order chi connectivity index (χ1) is 7.46. The third-order valence-corrected chi connectivity index (χ3v) is 2.55. The molecule has 1 aromatic heterocycles. The molecule has 0 aliphatic rings. The van der Waals surface area contributed by atoms with Gasteiger partial charge in [0, 0.05) is 20.2 Å². The summed E-state index contributed by atoms with van der Waals surface area (Å²) in [7, 11) is 1.97. The van der Waals surface area contributed by atoms with Crippen LogP contribution in [-0.2, 0) is 18.3 Å². The van der Waals surface area contributed by atoms with Crippen molar-refractivity contribution >= 4 is 0 Å². The van der Waals surface area contributed by atoms with Gasteiger partial charge in [0.2, 0.25) is 0 Å². The highest BCUT2D eigenvalue weighted by Gasteiger charge is 2.17. The minimum atomic E-state index is -0.137. The van der Waals surface area contributed by atoms with Gasteiger partial charge < -0.3 is 14.6 Å². The van der Waals surface area contributed by atoms with E-state index in [4.69, 9.17) is 4.74 Å². The summed E-state index contributed by atoms with van der Waals surface area (Å²) < 4.78 is 7.58. The number of nitrogens with zero attached hydrogens (tertiary/aromatic N) is 3. The van der Waals surface area contributed by atoms with Crippen LogP contribution >= 0.6 is 0 Å². The van der Waals surface area contributed by atoms with Crippen molar-refractivity contribution in [3.63, 3.8) is 0 Å². The van der Waals surface area contributed by atoms with Crippen LogP contribution in [0, 0.1) is 6.92 Å². The maximum absolute atomic E-state index is 5.60. The van der Waals surface area contributed by atoms with Gasteiger partial charge in [0.15, 0.2) is 0 Å². The zero-order valence-electron chi connectivity index (χ0n) is 10.9. The van der Waals surface area contributed by atoms with Crippen molar-refractivity contribution < 1.29 is 4.74 Å². The fourth-order valence-corrected chi connectivity index (χ4v) is 1.52. The van der Waals surface area contributed by atoms with Crippen LogP contribution in [0.3, 0.4) is 0 Å². The highest BCUT2D eigenvalue weighted by molar-refractivity contribution is 4.92. The zero-order chi connectivity index (χ0) is 12.2. The normalized spacial score (nSPS) is 12.1. The highest BCUT2D eigenvalue weighted by Crippen LogP contribution is 2.07. The van der Waals surface area contributed by atoms with E-state index < -0.39 is 0 Å². The monoisotopic (exact) mass is 226 g/mol. The molecule has 5 nitrogen and oxygen atoms in total. The summed E-state index contributed by atoms with van der Waals surface area (Å²) in [5, 5.41) is 11.4. The van der Waals surface area contributed by atoms with Crippen molar-refractivity contribution in [1.29, 1.82) is 0 Å². The van der Waals surface area contributed by atoms with Crippen LogP contribution in [0.2, 0.25) is 0 Å². The summed E-state index contributed by atoms with van der Waals surface area (Å²) in [6, 6.07) is 0. The number of aromatic nitrogens is 3. The molecule has 0 aromatic carbocycles. The largest absolute Gasteiger partial charge is 0.375 e. The molecule has 0 spiro atoms. The molecule has 5 heteroatoms. The summed E-state index contributed by atoms with van der Waals surface area (Å²) in [6.07, 6.45) is 0. The van der Waals surface area contributed by atoms with Crippen molar-refractivity contribution in [2.24, 2.45) is 7.05 Å². The van der Waals surface area contributed by atoms with Crippen LogP contribution in [0.25, 0.3) is 0 Å². The lowest BCUT2D eigenvalue weighted by Gasteiger charge is -2.24. The predicted octanol–water partition coefficient (Wildman–Crippen LogP) is 1.03. The number of hydrogen-bond donors (Lipinski definition) is 1. The van der Waals surface area contributed by atoms with Crippen LogP contribution in [0.1, 0.15) is 32.4 Å². The third-order valence-electron chi connectivity index (χ3n) is 2.55. The zero-order valence-corrected chi connectivity index (χ0v) is 10.9. The Bertz CT molecular complexity index is 333. The fraction of sp³-hybridized carbons (Fsp3) is 0.818. The van der Waals surface area contributed by atoms with Gasteiger partial charge in [0.25, 0.3) is 0 Å². The molecule has 1 heterocycles. The van der Waals surface area contributed by atoms with Crippen molar-refractivity contribution in [2.45, 2.75) is 39.8 Å². The van der Waals surface area contributed by atoms with Gasteiger partial charge in [-0.25, -0.2) is 0 Å². The van der Waals surface area contributed by atoms with Crippen LogP contribution in [-0.4, -0.2) is 33.5 Å². The smallest absolute Gasteiger partial charge is 0.146 e. The molecule has 0 fully saturated rings. The van der Waals surface area contributed by atoms with Gasteiger partial charge in [0.05, 0.1) is 12.1 Å². The number of nitrogens with one attached hydrogen (secondary N) is 1. The standard InChI is InChI=1S/C11H22N4O/c1-6-16-11(3,4)8-12-7-10-14-13-9(2)15(10)5/h12H,6-8H2,1-5H3. The van der Waals surface area contributed by atoms with Crippen molar-refractivity contribution in [2.75, 3.05) is 13.2 Å². The highest BCUT2D eigenvalue weighted by atomic mass is 16.5. The van der Waals surface area contributed by atoms with Gasteiger partial charge in [-0.15, -0.1) is 10.2 Å². The van der Waals surface area contributed by atoms with E-state index in [0.717, 1.165) is 24.8 Å². The fourth-order valence-electron chi connectivity index (χ4n) is 1.52. The van der Waals surface area contributed by atoms with E-state index in [-0.39, 0.29) is 5.60 Å². The molecule has 1 N–H and O–H groups in total. The minimum Gasteiger partial charge on any atom is -0.375 e. The molecule has 0 aliphatic heterocycles.